The average molecular weight is 524 g/mol. The van der Waals surface area contributed by atoms with E-state index in [1.807, 2.05) is 33.3 Å². The summed E-state index contributed by atoms with van der Waals surface area (Å²) in [7, 11) is 7.42. The van der Waals surface area contributed by atoms with Crippen LogP contribution in [0.1, 0.15) is 72.1 Å². The zero-order valence-corrected chi connectivity index (χ0v) is 24.1. The van der Waals surface area contributed by atoms with E-state index in [0.29, 0.717) is 17.4 Å². The molecule has 0 spiro atoms. The molecule has 0 heterocycles. The van der Waals surface area contributed by atoms with Crippen molar-refractivity contribution in [1.82, 2.24) is 5.32 Å². The maximum atomic E-state index is 13.1. The molecule has 3 atom stereocenters. The largest absolute Gasteiger partial charge is 0.456 e. The summed E-state index contributed by atoms with van der Waals surface area (Å²) in [6.07, 6.45) is 10.5. The van der Waals surface area contributed by atoms with Gasteiger partial charge in [0.15, 0.2) is 0 Å². The molecule has 0 radical (unpaired) electrons. The van der Waals surface area contributed by atoms with Crippen LogP contribution in [-0.2, 0) is 27.9 Å². The third kappa shape index (κ3) is 17.6. The van der Waals surface area contributed by atoms with E-state index in [1.165, 1.54) is 14.0 Å². The molecule has 8 nitrogen and oxygen atoms in total. The van der Waals surface area contributed by atoms with Crippen molar-refractivity contribution in [1.29, 1.82) is 0 Å². The van der Waals surface area contributed by atoms with Gasteiger partial charge in [-0.2, -0.15) is 0 Å². The summed E-state index contributed by atoms with van der Waals surface area (Å²) in [5, 5.41) is 2.99. The number of nitrogens with one attached hydrogen (secondary N) is 1. The molecular formula is C24H48N2O6PS+. The second kappa shape index (κ2) is 18.4. The van der Waals surface area contributed by atoms with Crippen molar-refractivity contribution >= 4 is 30.1 Å². The quantitative estimate of drug-likeness (QED) is 0.0758. The Morgan fingerprint density at radius 1 is 1.09 bits per heavy atom. The monoisotopic (exact) mass is 523 g/mol. The van der Waals surface area contributed by atoms with Gasteiger partial charge in [-0.25, -0.2) is 4.57 Å². The van der Waals surface area contributed by atoms with E-state index in [9.17, 15) is 14.2 Å². The van der Waals surface area contributed by atoms with E-state index in [1.54, 1.807) is 0 Å². The first-order valence-corrected chi connectivity index (χ1v) is 15.5. The molecule has 0 bridgehead atoms. The Morgan fingerprint density at radius 2 is 1.74 bits per heavy atom. The molecule has 0 saturated carbocycles. The van der Waals surface area contributed by atoms with Gasteiger partial charge in [-0.05, 0) is 36.7 Å². The van der Waals surface area contributed by atoms with Crippen molar-refractivity contribution in [2.24, 2.45) is 0 Å². The highest BCUT2D eigenvalue weighted by molar-refractivity contribution is 8.55. The van der Waals surface area contributed by atoms with E-state index in [2.05, 4.69) is 19.2 Å². The number of ether oxygens (including phenoxy) is 1. The normalized spacial score (nSPS) is 15.6. The number of hydrogen-bond donors (Lipinski definition) is 1. The van der Waals surface area contributed by atoms with E-state index in [-0.39, 0.29) is 18.3 Å². The van der Waals surface area contributed by atoms with Crippen LogP contribution in [0.2, 0.25) is 0 Å². The summed E-state index contributed by atoms with van der Waals surface area (Å²) >= 11 is 1.02. The number of allylic oxidation sites excluding steroid dienone is 1. The summed E-state index contributed by atoms with van der Waals surface area (Å²) in [6.45, 7) is 3.08. The van der Waals surface area contributed by atoms with Gasteiger partial charge in [-0.3, -0.25) is 14.1 Å². The molecule has 2 unspecified atom stereocenters. The van der Waals surface area contributed by atoms with Gasteiger partial charge in [0, 0.05) is 26.2 Å². The van der Waals surface area contributed by atoms with Crippen molar-refractivity contribution in [2.75, 3.05) is 47.2 Å². The van der Waals surface area contributed by atoms with Crippen LogP contribution in [0, 0.1) is 0 Å². The molecule has 0 aliphatic rings. The van der Waals surface area contributed by atoms with Gasteiger partial charge in [-0.15, -0.1) is 0 Å². The number of likely N-dealkylation sites (N-methyl/N-ethyl adjacent to an activating group) is 1. The lowest BCUT2D eigenvalue weighted by Crippen LogP contribution is -2.46. The molecule has 1 amide bonds. The fourth-order valence-corrected chi connectivity index (χ4v) is 5.96. The van der Waals surface area contributed by atoms with Crippen LogP contribution in [0.4, 0.5) is 0 Å². The van der Waals surface area contributed by atoms with Crippen LogP contribution in [0.3, 0.4) is 0 Å². The van der Waals surface area contributed by atoms with Gasteiger partial charge in [0.05, 0.1) is 27.2 Å². The Morgan fingerprint density at radius 3 is 2.29 bits per heavy atom. The Kier molecular flexibility index (Phi) is 17.9. The predicted octanol–water partition coefficient (Wildman–Crippen LogP) is 5.33. The van der Waals surface area contributed by atoms with E-state index >= 15 is 0 Å². The standard InChI is InChI=1S/C24H47N2O6PS/c1-8-10-12-13-15-16-23(32-21(3)27)22(25-24(28)17-14-11-9-2)20-34-33(29,30-7)31-19-18-26(4,5)6/h15-16,22-23H,8-14,17-20H2,1-7H3/p+1/b16-15+/t22?,23-,33?/m1/s1. The predicted molar refractivity (Wildman–Crippen MR) is 141 cm³/mol. The fourth-order valence-electron chi connectivity index (χ4n) is 2.96. The highest BCUT2D eigenvalue weighted by Gasteiger charge is 2.31. The maximum Gasteiger partial charge on any atom is 0.389 e. The summed E-state index contributed by atoms with van der Waals surface area (Å²) in [5.74, 6) is -0.340. The van der Waals surface area contributed by atoms with Crippen LogP contribution in [0.15, 0.2) is 12.2 Å². The Balaban J connectivity index is 5.42. The minimum atomic E-state index is -3.43. The topological polar surface area (TPSA) is 90.9 Å². The first-order chi connectivity index (χ1) is 16.0. The lowest BCUT2D eigenvalue weighted by atomic mass is 10.1. The Labute approximate surface area is 211 Å². The summed E-state index contributed by atoms with van der Waals surface area (Å²) in [6, 6.07) is -0.559. The van der Waals surface area contributed by atoms with Crippen LogP contribution in [-0.4, -0.2) is 75.7 Å². The zero-order valence-electron chi connectivity index (χ0n) is 22.3. The molecule has 0 rings (SSSR count). The molecule has 0 aromatic rings. The van der Waals surface area contributed by atoms with E-state index in [0.717, 1.165) is 56.3 Å². The van der Waals surface area contributed by atoms with Crippen LogP contribution >= 0.6 is 18.2 Å². The molecule has 1 N–H and O–H groups in total. The van der Waals surface area contributed by atoms with Gasteiger partial charge in [-0.1, -0.05) is 45.6 Å². The van der Waals surface area contributed by atoms with E-state index < -0.39 is 24.9 Å². The summed E-state index contributed by atoms with van der Waals surface area (Å²) < 4.78 is 30.2. The van der Waals surface area contributed by atoms with Gasteiger partial charge in [0.2, 0.25) is 5.91 Å². The van der Waals surface area contributed by atoms with Crippen LogP contribution in [0.25, 0.3) is 0 Å². The van der Waals surface area contributed by atoms with Crippen molar-refractivity contribution in [3.8, 4) is 0 Å². The molecule has 34 heavy (non-hydrogen) atoms. The number of carbonyl (C=O) groups is 2. The number of nitrogens with zero attached hydrogens (tertiary/aromatic N) is 1. The molecule has 200 valence electrons. The number of hydrogen-bond acceptors (Lipinski definition) is 7. The van der Waals surface area contributed by atoms with Crippen LogP contribution < -0.4 is 5.32 Å². The number of quaternary nitrogens is 1. The molecule has 0 saturated heterocycles. The van der Waals surface area contributed by atoms with Gasteiger partial charge < -0.3 is 19.1 Å². The van der Waals surface area contributed by atoms with Gasteiger partial charge in [0.1, 0.15) is 19.3 Å². The third-order valence-corrected chi connectivity index (χ3v) is 8.93. The first-order valence-electron chi connectivity index (χ1n) is 12.3. The number of esters is 1. The first kappa shape index (κ1) is 33.1. The number of carbonyl (C=O) groups excluding carboxylic acids is 2. The lowest BCUT2D eigenvalue weighted by molar-refractivity contribution is -0.870. The minimum Gasteiger partial charge on any atom is -0.456 e. The Hall–Kier alpha value is -0.860. The summed E-state index contributed by atoms with van der Waals surface area (Å²) in [4.78, 5) is 24.4. The van der Waals surface area contributed by atoms with Crippen molar-refractivity contribution < 1.29 is 32.4 Å². The highest BCUT2D eigenvalue weighted by Crippen LogP contribution is 2.60. The number of amides is 1. The second-order valence-electron chi connectivity index (χ2n) is 9.40. The minimum absolute atomic E-state index is 0.117. The second-order valence-corrected chi connectivity index (χ2v) is 13.6. The fraction of sp³-hybridized carbons (Fsp3) is 0.833. The number of unbranched alkanes of at least 4 members (excludes halogenated alkanes) is 5. The van der Waals surface area contributed by atoms with Crippen LogP contribution in [0.5, 0.6) is 0 Å². The highest BCUT2D eigenvalue weighted by atomic mass is 32.7. The lowest BCUT2D eigenvalue weighted by Gasteiger charge is -2.27. The molecule has 0 aliphatic carbocycles. The molecule has 0 aromatic carbocycles. The van der Waals surface area contributed by atoms with Gasteiger partial charge >= 0.3 is 12.8 Å². The smallest absolute Gasteiger partial charge is 0.389 e. The number of rotatable bonds is 20. The molecule has 0 aliphatic heterocycles. The van der Waals surface area contributed by atoms with Gasteiger partial charge in [0.25, 0.3) is 0 Å². The SMILES string of the molecule is CCCCC/C=C/[C@@H](OC(C)=O)C(CSP(=O)(OC)OCC[N+](C)(C)C)NC(=O)CCCCC. The van der Waals surface area contributed by atoms with E-state index in [4.69, 9.17) is 13.8 Å². The molecule has 0 aromatic heterocycles. The molecule has 0 fully saturated rings. The van der Waals surface area contributed by atoms with Crippen molar-refractivity contribution in [3.63, 3.8) is 0 Å². The summed E-state index contributed by atoms with van der Waals surface area (Å²) in [5.41, 5.74) is 0. The molecule has 10 heteroatoms. The molecular weight excluding hydrogens is 475 g/mol. The maximum absolute atomic E-state index is 13.1. The van der Waals surface area contributed by atoms with Crippen molar-refractivity contribution in [2.45, 2.75) is 84.3 Å². The average Bonchev–Trinajstić information content (AvgIpc) is 2.74. The Bertz CT molecular complexity index is 654. The van der Waals surface area contributed by atoms with Crippen molar-refractivity contribution in [3.05, 3.63) is 12.2 Å². The third-order valence-electron chi connectivity index (χ3n) is 5.00. The zero-order chi connectivity index (χ0) is 26.0.